The molecule has 5 heterocycles. The molecule has 0 aliphatic heterocycles. The van der Waals surface area contributed by atoms with E-state index in [0.29, 0.717) is 44.9 Å². The molecule has 0 aliphatic rings. The molecule has 6 aromatic rings. The number of rotatable bonds is 5. The van der Waals surface area contributed by atoms with Crippen LogP contribution in [0.15, 0.2) is 55.0 Å². The molecule has 0 fully saturated rings. The molecule has 5 aromatic heterocycles. The summed E-state index contributed by atoms with van der Waals surface area (Å²) in [5.41, 5.74) is 4.56. The first-order valence-corrected chi connectivity index (χ1v) is 12.6. The Morgan fingerprint density at radius 3 is 2.76 bits per heavy atom. The number of hydrogen-bond donors (Lipinski definition) is 3. The van der Waals surface area contributed by atoms with Crippen LogP contribution in [0.1, 0.15) is 18.7 Å². The molecule has 1 amide bonds. The van der Waals surface area contributed by atoms with Gasteiger partial charge in [0.1, 0.15) is 11.5 Å². The number of imidazole rings is 1. The van der Waals surface area contributed by atoms with Gasteiger partial charge < -0.3 is 10.3 Å². The van der Waals surface area contributed by atoms with E-state index in [9.17, 15) is 4.79 Å². The second kappa shape index (κ2) is 8.90. The molecule has 10 heteroatoms. The number of carbonyl (C=O) groups is 1. The number of hydrogen-bond acceptors (Lipinski definition) is 6. The van der Waals surface area contributed by atoms with E-state index in [2.05, 4.69) is 54.5 Å². The number of nitrogens with zero attached hydrogens (tertiary/aromatic N) is 4. The molecule has 6 rings (SSSR count). The van der Waals surface area contributed by atoms with Gasteiger partial charge in [-0.05, 0) is 43.3 Å². The Bertz CT molecular complexity index is 1800. The fourth-order valence-electron chi connectivity index (χ4n) is 4.22. The van der Waals surface area contributed by atoms with E-state index in [4.69, 9.17) is 0 Å². The molecule has 184 valence electrons. The van der Waals surface area contributed by atoms with Gasteiger partial charge in [-0.2, -0.15) is 5.10 Å². The fourth-order valence-corrected chi connectivity index (χ4v) is 5.12. The van der Waals surface area contributed by atoms with Crippen LogP contribution in [0.4, 0.5) is 10.1 Å². The summed E-state index contributed by atoms with van der Waals surface area (Å²) in [5.74, 6) is -0.366. The normalized spacial score (nSPS) is 11.6. The van der Waals surface area contributed by atoms with Gasteiger partial charge in [0.15, 0.2) is 11.5 Å². The van der Waals surface area contributed by atoms with Crippen molar-refractivity contribution < 1.29 is 9.18 Å². The summed E-state index contributed by atoms with van der Waals surface area (Å²) in [6.45, 7) is 5.67. The number of pyridine rings is 2. The fraction of sp³-hybridized carbons (Fsp3) is 0.148. The van der Waals surface area contributed by atoms with Crippen LogP contribution >= 0.6 is 11.3 Å². The summed E-state index contributed by atoms with van der Waals surface area (Å²) in [6, 6.07) is 11.2. The topological polar surface area (TPSA) is 112 Å². The summed E-state index contributed by atoms with van der Waals surface area (Å²) >= 11 is 1.68. The van der Waals surface area contributed by atoms with Gasteiger partial charge >= 0.3 is 0 Å². The van der Waals surface area contributed by atoms with Crippen LogP contribution < -0.4 is 5.32 Å². The zero-order chi connectivity index (χ0) is 25.7. The smallest absolute Gasteiger partial charge is 0.226 e. The van der Waals surface area contributed by atoms with Crippen molar-refractivity contribution in [3.63, 3.8) is 0 Å². The highest BCUT2D eigenvalue weighted by atomic mass is 32.1. The molecule has 37 heavy (non-hydrogen) atoms. The van der Waals surface area contributed by atoms with Gasteiger partial charge in [-0.15, -0.1) is 11.3 Å². The summed E-state index contributed by atoms with van der Waals surface area (Å²) < 4.78 is 16.0. The average Bonchev–Trinajstić information content (AvgIpc) is 3.62. The van der Waals surface area contributed by atoms with E-state index in [1.807, 2.05) is 6.07 Å². The largest absolute Gasteiger partial charge is 0.335 e. The quantitative estimate of drug-likeness (QED) is 0.250. The molecule has 0 saturated carbocycles. The minimum Gasteiger partial charge on any atom is -0.335 e. The van der Waals surface area contributed by atoms with Crippen molar-refractivity contribution in [3.05, 3.63) is 65.7 Å². The van der Waals surface area contributed by atoms with Crippen molar-refractivity contribution in [3.8, 4) is 33.1 Å². The minimum atomic E-state index is -0.460. The van der Waals surface area contributed by atoms with E-state index in [-0.39, 0.29) is 11.8 Å². The van der Waals surface area contributed by atoms with Crippen molar-refractivity contribution in [2.75, 3.05) is 5.32 Å². The van der Waals surface area contributed by atoms with Gasteiger partial charge in [0.05, 0.1) is 28.3 Å². The maximum Gasteiger partial charge on any atom is 0.226 e. The predicted molar refractivity (Wildman–Crippen MR) is 144 cm³/mol. The first-order valence-electron chi connectivity index (χ1n) is 11.7. The highest BCUT2D eigenvalue weighted by Gasteiger charge is 2.21. The van der Waals surface area contributed by atoms with E-state index in [1.165, 1.54) is 11.1 Å². The molecule has 0 aliphatic carbocycles. The number of benzene rings is 1. The third kappa shape index (κ3) is 4.05. The van der Waals surface area contributed by atoms with Crippen LogP contribution in [0.25, 0.3) is 55.2 Å². The maximum atomic E-state index is 16.0. The molecule has 0 spiro atoms. The molecule has 8 nitrogen and oxygen atoms in total. The Morgan fingerprint density at radius 1 is 1.11 bits per heavy atom. The van der Waals surface area contributed by atoms with Gasteiger partial charge in [-0.3, -0.25) is 14.9 Å². The third-order valence-electron chi connectivity index (χ3n) is 6.13. The number of aromatic nitrogens is 6. The maximum absolute atomic E-state index is 16.0. The number of anilines is 1. The summed E-state index contributed by atoms with van der Waals surface area (Å²) in [4.78, 5) is 31.0. The number of nitrogens with one attached hydrogen (secondary N) is 3. The Kier molecular flexibility index (Phi) is 5.53. The highest BCUT2D eigenvalue weighted by molar-refractivity contribution is 7.15. The zero-order valence-corrected chi connectivity index (χ0v) is 21.1. The number of H-pyrrole nitrogens is 2. The monoisotopic (exact) mass is 511 g/mol. The lowest BCUT2D eigenvalue weighted by atomic mass is 10.0. The SMILES string of the molecule is Cc1ccc(-c2ccnc3nc(-c4n[nH]c5ccc(-c6cncc(NC(=O)C(C)C)c6)c(F)c45)[nH]c23)s1. The number of thiophene rings is 1. The van der Waals surface area contributed by atoms with Crippen molar-refractivity contribution in [1.82, 2.24) is 30.1 Å². The Morgan fingerprint density at radius 2 is 1.97 bits per heavy atom. The van der Waals surface area contributed by atoms with Crippen LogP contribution in [0.5, 0.6) is 0 Å². The van der Waals surface area contributed by atoms with Crippen LogP contribution in [0.3, 0.4) is 0 Å². The molecule has 0 atom stereocenters. The molecular formula is C27H22FN7OS. The lowest BCUT2D eigenvalue weighted by Gasteiger charge is -2.10. The van der Waals surface area contributed by atoms with Crippen LogP contribution in [0.2, 0.25) is 0 Å². The average molecular weight is 512 g/mol. The summed E-state index contributed by atoms with van der Waals surface area (Å²) in [5, 5.41) is 10.4. The second-order valence-corrected chi connectivity index (χ2v) is 10.4. The first kappa shape index (κ1) is 23.0. The van der Waals surface area contributed by atoms with Crippen LogP contribution in [-0.2, 0) is 4.79 Å². The van der Waals surface area contributed by atoms with Gasteiger partial charge in [-0.1, -0.05) is 13.8 Å². The predicted octanol–water partition coefficient (Wildman–Crippen LogP) is 6.33. The summed E-state index contributed by atoms with van der Waals surface area (Å²) in [6.07, 6.45) is 4.82. The van der Waals surface area contributed by atoms with E-state index < -0.39 is 5.82 Å². The Hall–Kier alpha value is -4.44. The lowest BCUT2D eigenvalue weighted by molar-refractivity contribution is -0.118. The molecule has 0 saturated heterocycles. The number of aryl methyl sites for hydroxylation is 1. The second-order valence-electron chi connectivity index (χ2n) is 9.08. The van der Waals surface area contributed by atoms with Gasteiger partial charge in [-0.25, -0.2) is 14.4 Å². The van der Waals surface area contributed by atoms with Crippen molar-refractivity contribution in [2.45, 2.75) is 20.8 Å². The van der Waals surface area contributed by atoms with E-state index in [1.54, 1.807) is 55.8 Å². The molecule has 3 N–H and O–H groups in total. The number of fused-ring (bicyclic) bond motifs is 2. The first-order chi connectivity index (χ1) is 17.9. The van der Waals surface area contributed by atoms with Crippen LogP contribution in [0, 0.1) is 18.7 Å². The molecule has 1 aromatic carbocycles. The van der Waals surface area contributed by atoms with Crippen molar-refractivity contribution >= 4 is 45.0 Å². The number of amides is 1. The van der Waals surface area contributed by atoms with Gasteiger partial charge in [0, 0.05) is 44.8 Å². The zero-order valence-electron chi connectivity index (χ0n) is 20.3. The van der Waals surface area contributed by atoms with E-state index in [0.717, 1.165) is 16.0 Å². The van der Waals surface area contributed by atoms with Crippen molar-refractivity contribution in [1.29, 1.82) is 0 Å². The van der Waals surface area contributed by atoms with Crippen LogP contribution in [-0.4, -0.2) is 36.0 Å². The highest BCUT2D eigenvalue weighted by Crippen LogP contribution is 2.36. The molecule has 0 radical (unpaired) electrons. The van der Waals surface area contributed by atoms with Crippen molar-refractivity contribution in [2.24, 2.45) is 5.92 Å². The number of carbonyl (C=O) groups excluding carboxylic acids is 1. The Balaban J connectivity index is 1.45. The third-order valence-corrected chi connectivity index (χ3v) is 7.16. The van der Waals surface area contributed by atoms with Gasteiger partial charge in [0.2, 0.25) is 5.91 Å². The summed E-state index contributed by atoms with van der Waals surface area (Å²) in [7, 11) is 0. The molecular weight excluding hydrogens is 489 g/mol. The number of aromatic amines is 2. The minimum absolute atomic E-state index is 0.137. The molecule has 0 unspecified atom stereocenters. The van der Waals surface area contributed by atoms with E-state index >= 15 is 4.39 Å². The van der Waals surface area contributed by atoms with Gasteiger partial charge in [0.25, 0.3) is 0 Å². The molecule has 0 bridgehead atoms. The Labute approximate surface area is 215 Å². The standard InChI is InChI=1S/C27H22FN7OS/c1-13(2)27(36)31-16-10-15(11-29-12-16)17-5-6-19-21(22(17)28)24(35-34-19)26-32-23-18(8-9-30-25(23)33-26)20-7-4-14(3)37-20/h4-13H,1-3H3,(H,31,36)(H,34,35)(H,30,32,33). The number of halogens is 1. The lowest BCUT2D eigenvalue weighted by Crippen LogP contribution is -2.17.